The van der Waals surface area contributed by atoms with E-state index >= 15 is 0 Å². The first kappa shape index (κ1) is 52.5. The van der Waals surface area contributed by atoms with E-state index in [0.717, 1.165) is 0 Å². The van der Waals surface area contributed by atoms with Gasteiger partial charge in [-0.2, -0.15) is 15.8 Å². The van der Waals surface area contributed by atoms with Gasteiger partial charge in [0.1, 0.15) is 34.9 Å². The zero-order chi connectivity index (χ0) is 36.6. The summed E-state index contributed by atoms with van der Waals surface area (Å²) in [6.45, 7) is 4.61. The van der Waals surface area contributed by atoms with Crippen molar-refractivity contribution < 1.29 is 54.7 Å². The molecule has 3 aromatic rings. The van der Waals surface area contributed by atoms with Crippen LogP contribution in [0.5, 0.6) is 0 Å². The second-order valence-electron chi connectivity index (χ2n) is 7.79. The van der Waals surface area contributed by atoms with Crippen LogP contribution in [0.25, 0.3) is 0 Å². The van der Waals surface area contributed by atoms with E-state index in [2.05, 4.69) is 0 Å². The fourth-order valence-corrected chi connectivity index (χ4v) is 2.87. The van der Waals surface area contributed by atoms with Gasteiger partial charge in [0.25, 0.3) is 0 Å². The van der Waals surface area contributed by atoms with Gasteiger partial charge in [0, 0.05) is 16.7 Å². The molecule has 3 nitrogen and oxygen atoms in total. The maximum absolute atomic E-state index is 13.1. The van der Waals surface area contributed by atoms with Crippen molar-refractivity contribution in [3.63, 3.8) is 0 Å². The molecule has 0 fully saturated rings. The fourth-order valence-electron chi connectivity index (χ4n) is 2.87. The Bertz CT molecular complexity index is 1330. The van der Waals surface area contributed by atoms with Crippen molar-refractivity contribution in [2.45, 2.75) is 40.0 Å². The first-order valence-corrected chi connectivity index (χ1v) is 45.0. The monoisotopic (exact) mass is 1180 g/mol. The molecule has 3 rings (SSSR count). The van der Waals surface area contributed by atoms with Crippen LogP contribution in [0, 0.1) is 89.7 Å². The first-order chi connectivity index (χ1) is 21.4. The normalized spacial score (nSPS) is 9.74. The van der Waals surface area contributed by atoms with E-state index in [9.17, 15) is 26.3 Å². The van der Waals surface area contributed by atoms with E-state index in [4.69, 9.17) is 72.3 Å². The molecule has 0 aliphatic rings. The van der Waals surface area contributed by atoms with Crippen LogP contribution in [-0.2, 0) is 47.6 Å². The molecule has 0 saturated heterocycles. The topological polar surface area (TPSA) is 71.4 Å². The van der Waals surface area contributed by atoms with Crippen LogP contribution < -0.4 is 0 Å². The van der Waals surface area contributed by atoms with E-state index in [-0.39, 0.29) is 36.0 Å². The summed E-state index contributed by atoms with van der Waals surface area (Å²) in [6, 6.07) is 12.7. The van der Waals surface area contributed by atoms with E-state index in [1.807, 2.05) is 0 Å². The van der Waals surface area contributed by atoms with Crippen LogP contribution in [0.1, 0.15) is 33.4 Å². The van der Waals surface area contributed by atoms with Crippen molar-refractivity contribution in [1.82, 2.24) is 0 Å². The molecule has 0 aromatic heterocycles. The second kappa shape index (κ2) is 30.7. The van der Waals surface area contributed by atoms with Crippen molar-refractivity contribution in [1.29, 1.82) is 15.8 Å². The summed E-state index contributed by atoms with van der Waals surface area (Å²) >= 11 is -1.03. The van der Waals surface area contributed by atoms with Gasteiger partial charge in [-0.05, 0) is 55.7 Å². The molecule has 0 aliphatic carbocycles. The summed E-state index contributed by atoms with van der Waals surface area (Å²) in [5.41, 5.74) is 0.664. The number of rotatable bonds is 3. The van der Waals surface area contributed by atoms with Gasteiger partial charge in [0.2, 0.25) is 0 Å². The van der Waals surface area contributed by atoms with E-state index in [0.29, 0.717) is 16.7 Å². The zero-order valence-electron chi connectivity index (χ0n) is 24.6. The van der Waals surface area contributed by atoms with Gasteiger partial charge in [-0.1, -0.05) is 18.2 Å². The molecule has 0 heterocycles. The second-order valence-corrected chi connectivity index (χ2v) is 30.8. The first-order valence-electron chi connectivity index (χ1n) is 12.1. The number of hydrogen-bond donors (Lipinski definition) is 0. The third-order valence-electron chi connectivity index (χ3n) is 4.90. The standard InChI is InChI=1S/3C9H7F2N.6ClH.2K.2Pt/c3*1-6-2-3-8(10)7(4-5-12)9(6)11;;;;;;;;;;/h3*2-3H,4H2,1H3;6*1H;;;;/q;;;;;;;;;;;+2;+4/p-6. The summed E-state index contributed by atoms with van der Waals surface area (Å²) in [5.74, 6) is -3.80. The van der Waals surface area contributed by atoms with Crippen LogP contribution >= 0.6 is 56.5 Å². The SMILES string of the molecule is Cc1ccc(F)c(CC#N)c1F.Cc1ccc(F)c(CC#N)c1F.Cc1ccc(F)c(CC#N)c1F.[Cl][Pt]([Cl])([Cl])[Cl].[Cl][Pt][Cl].[K][K]. The molecule has 0 atom stereocenters. The van der Waals surface area contributed by atoms with Crippen LogP contribution in [0.15, 0.2) is 36.4 Å². The van der Waals surface area contributed by atoms with E-state index in [1.165, 1.54) is 120 Å². The number of nitrogens with zero attached hydrogens (tertiary/aromatic N) is 3. The molecule has 0 spiro atoms. The number of halogens is 12. The van der Waals surface area contributed by atoms with Crippen LogP contribution in [0.2, 0.25) is 0 Å². The van der Waals surface area contributed by atoms with Crippen molar-refractivity contribution in [2.24, 2.45) is 0 Å². The van der Waals surface area contributed by atoms with Crippen LogP contribution in [0.4, 0.5) is 26.3 Å². The molecular formula is C27H21Cl6F6K2N3Pt2. The summed E-state index contributed by atoms with van der Waals surface area (Å²) in [5, 5.41) is 24.8. The van der Waals surface area contributed by atoms with Crippen molar-refractivity contribution in [3.05, 3.63) is 105 Å². The fraction of sp³-hybridized carbons (Fsp3) is 0.222. The predicted molar refractivity (Wildman–Crippen MR) is 168 cm³/mol. The molecule has 0 bridgehead atoms. The van der Waals surface area contributed by atoms with Gasteiger partial charge in [-0.3, -0.25) is 0 Å². The molecule has 19 heteroatoms. The molecule has 0 amide bonds. The molecule has 0 unspecified atom stereocenters. The molecule has 0 N–H and O–H groups in total. The summed E-state index contributed by atoms with van der Waals surface area (Å²) in [4.78, 5) is 0. The molecule has 0 saturated carbocycles. The molecule has 0 radical (unpaired) electrons. The molecular weight excluding hydrogens is 1160 g/mol. The van der Waals surface area contributed by atoms with Crippen molar-refractivity contribution >= 4 is 120 Å². The average molecular weight is 1180 g/mol. The number of hydrogen-bond acceptors (Lipinski definition) is 3. The third kappa shape index (κ3) is 24.3. The minimum absolute atomic E-state index is 0.141. The Hall–Kier alpha value is 2.10. The van der Waals surface area contributed by atoms with Gasteiger partial charge >= 0.3 is 148 Å². The maximum atomic E-state index is 13.1. The quantitative estimate of drug-likeness (QED) is 0.194. The Morgan fingerprint density at radius 3 is 0.891 bits per heavy atom. The number of aryl methyl sites for hydroxylation is 3. The Balaban J connectivity index is -0.000000527. The van der Waals surface area contributed by atoms with Gasteiger partial charge < -0.3 is 0 Å². The van der Waals surface area contributed by atoms with Crippen molar-refractivity contribution in [3.8, 4) is 18.2 Å². The van der Waals surface area contributed by atoms with Crippen LogP contribution in [-0.4, -0.2) is 63.2 Å². The van der Waals surface area contributed by atoms with Gasteiger partial charge in [0.05, 0.1) is 37.5 Å². The Labute approximate surface area is 345 Å². The van der Waals surface area contributed by atoms with Gasteiger partial charge in [-0.25, -0.2) is 26.3 Å². The predicted octanol–water partition coefficient (Wildman–Crippen LogP) is 10.4. The zero-order valence-corrected chi connectivity index (χ0v) is 39.9. The molecule has 46 heavy (non-hydrogen) atoms. The molecule has 250 valence electrons. The third-order valence-corrected chi connectivity index (χ3v) is 4.90. The van der Waals surface area contributed by atoms with Gasteiger partial charge in [0.15, 0.2) is 0 Å². The van der Waals surface area contributed by atoms with Gasteiger partial charge in [-0.15, -0.1) is 0 Å². The van der Waals surface area contributed by atoms with E-state index in [1.54, 1.807) is 18.2 Å². The number of nitriles is 3. The minimum atomic E-state index is -3.06. The molecule has 3 aromatic carbocycles. The Morgan fingerprint density at radius 1 is 0.565 bits per heavy atom. The summed E-state index contributed by atoms with van der Waals surface area (Å²) < 4.78 is 77.7. The summed E-state index contributed by atoms with van der Waals surface area (Å²) in [6.07, 6.45) is -0.669. The Kier molecular flexibility index (Phi) is 35.0. The average Bonchev–Trinajstić information content (AvgIpc) is 2.99. The van der Waals surface area contributed by atoms with Crippen LogP contribution in [0.3, 0.4) is 0 Å². The van der Waals surface area contributed by atoms with E-state index < -0.39 is 63.3 Å². The van der Waals surface area contributed by atoms with Crippen molar-refractivity contribution in [2.75, 3.05) is 0 Å². The summed E-state index contributed by atoms with van der Waals surface area (Å²) in [7, 11) is 29.8. The molecule has 0 aliphatic heterocycles. The Morgan fingerprint density at radius 2 is 0.739 bits per heavy atom. The number of benzene rings is 3.